The number of furan rings is 1. The van der Waals surface area contributed by atoms with Crippen LogP contribution in [0.4, 0.5) is 0 Å². The molecule has 1 nitrogen and oxygen atoms in total. The third kappa shape index (κ3) is 1.78. The van der Waals surface area contributed by atoms with Crippen LogP contribution in [0.2, 0.25) is 0 Å². The quantitative estimate of drug-likeness (QED) is 0.576. The molecule has 0 spiro atoms. The lowest BCUT2D eigenvalue weighted by Gasteiger charge is -2.19. The van der Waals surface area contributed by atoms with Gasteiger partial charge in [-0.25, -0.2) is 0 Å². The third-order valence-corrected chi connectivity index (χ3v) is 6.23. The normalized spacial score (nSPS) is 24.7. The fourth-order valence-corrected chi connectivity index (χ4v) is 5.30. The lowest BCUT2D eigenvalue weighted by molar-refractivity contribution is 0.667. The fraction of sp³-hybridized carbons (Fsp3) is 0.263. The van der Waals surface area contributed by atoms with E-state index < -0.39 is 0 Å². The average molecular weight is 292 g/mol. The summed E-state index contributed by atoms with van der Waals surface area (Å²) in [6.45, 7) is 0. The molecule has 2 unspecified atom stereocenters. The summed E-state index contributed by atoms with van der Waals surface area (Å²) in [4.78, 5) is 0. The summed E-state index contributed by atoms with van der Waals surface area (Å²) in [5, 5.41) is 4.01. The van der Waals surface area contributed by atoms with Gasteiger partial charge in [-0.3, -0.25) is 0 Å². The van der Waals surface area contributed by atoms with Crippen LogP contribution in [0.25, 0.3) is 27.5 Å². The lowest BCUT2D eigenvalue weighted by atomic mass is 9.98. The second kappa shape index (κ2) is 4.41. The van der Waals surface area contributed by atoms with Gasteiger partial charge in [0.2, 0.25) is 0 Å². The van der Waals surface area contributed by atoms with Gasteiger partial charge in [0.1, 0.15) is 11.2 Å². The topological polar surface area (TPSA) is 13.1 Å². The van der Waals surface area contributed by atoms with E-state index in [2.05, 4.69) is 54.2 Å². The van der Waals surface area contributed by atoms with Gasteiger partial charge in [0.05, 0.1) is 0 Å². The van der Waals surface area contributed by atoms with Crippen molar-refractivity contribution in [1.29, 1.82) is 0 Å². The summed E-state index contributed by atoms with van der Waals surface area (Å²) in [5.41, 5.74) is 4.86. The Morgan fingerprint density at radius 1 is 0.952 bits per heavy atom. The number of para-hydroxylation sites is 2. The van der Waals surface area contributed by atoms with Crippen LogP contribution in [0.1, 0.15) is 24.8 Å². The first kappa shape index (κ1) is 11.9. The highest BCUT2D eigenvalue weighted by atomic mass is 32.2. The molecule has 1 fully saturated rings. The molecule has 3 aromatic rings. The standard InChI is InChI=1S/C19H16OS/c1-2-7-18-16(4-1)17-6-3-5-15(19(17)20-18)12-10-13-8-9-14(11-12)21-13/h1-7,10,13-14H,8-9,11H2. The monoisotopic (exact) mass is 292 g/mol. The van der Waals surface area contributed by atoms with Crippen LogP contribution < -0.4 is 0 Å². The Bertz CT molecular complexity index is 874. The van der Waals surface area contributed by atoms with E-state index in [1.165, 1.54) is 41.2 Å². The molecule has 0 aliphatic carbocycles. The summed E-state index contributed by atoms with van der Waals surface area (Å²) in [7, 11) is 0. The molecule has 1 saturated heterocycles. The van der Waals surface area contributed by atoms with Crippen LogP contribution in [-0.4, -0.2) is 10.5 Å². The van der Waals surface area contributed by atoms with E-state index in [4.69, 9.17) is 4.42 Å². The molecule has 1 aromatic heterocycles. The molecule has 2 aliphatic rings. The molecule has 0 radical (unpaired) electrons. The number of rotatable bonds is 1. The smallest absolute Gasteiger partial charge is 0.142 e. The molecule has 3 heterocycles. The zero-order valence-corrected chi connectivity index (χ0v) is 12.5. The van der Waals surface area contributed by atoms with Gasteiger partial charge in [0.25, 0.3) is 0 Å². The maximum absolute atomic E-state index is 6.18. The molecule has 2 aliphatic heterocycles. The van der Waals surface area contributed by atoms with Crippen LogP contribution in [0.5, 0.6) is 0 Å². The first-order valence-corrected chi connectivity index (χ1v) is 8.59. The van der Waals surface area contributed by atoms with Crippen molar-refractivity contribution >= 4 is 39.3 Å². The molecule has 2 aromatic carbocycles. The Morgan fingerprint density at radius 2 is 1.86 bits per heavy atom. The highest BCUT2D eigenvalue weighted by molar-refractivity contribution is 8.01. The Balaban J connectivity index is 1.76. The van der Waals surface area contributed by atoms with E-state index in [1.807, 2.05) is 6.07 Å². The molecule has 5 rings (SSSR count). The number of fused-ring (bicyclic) bond motifs is 5. The van der Waals surface area contributed by atoms with E-state index in [-0.39, 0.29) is 0 Å². The van der Waals surface area contributed by atoms with Crippen LogP contribution in [0.15, 0.2) is 53.0 Å². The van der Waals surface area contributed by atoms with Crippen molar-refractivity contribution in [2.45, 2.75) is 29.8 Å². The molecule has 21 heavy (non-hydrogen) atoms. The van der Waals surface area contributed by atoms with E-state index in [0.29, 0.717) is 0 Å². The zero-order valence-electron chi connectivity index (χ0n) is 11.7. The minimum absolute atomic E-state index is 0.721. The predicted molar refractivity (Wildman–Crippen MR) is 90.7 cm³/mol. The zero-order chi connectivity index (χ0) is 13.8. The average Bonchev–Trinajstić information content (AvgIpc) is 3.06. The van der Waals surface area contributed by atoms with Crippen LogP contribution in [0, 0.1) is 0 Å². The summed E-state index contributed by atoms with van der Waals surface area (Å²) in [6, 6.07) is 14.9. The van der Waals surface area contributed by atoms with Crippen molar-refractivity contribution in [2.75, 3.05) is 0 Å². The van der Waals surface area contributed by atoms with Crippen molar-refractivity contribution in [3.05, 3.63) is 54.1 Å². The van der Waals surface area contributed by atoms with Gasteiger partial charge in [0.15, 0.2) is 0 Å². The molecular formula is C19H16OS. The Kier molecular flexibility index (Phi) is 2.51. The molecule has 2 bridgehead atoms. The van der Waals surface area contributed by atoms with Gasteiger partial charge in [-0.1, -0.05) is 42.5 Å². The largest absolute Gasteiger partial charge is 0.455 e. The summed E-state index contributed by atoms with van der Waals surface area (Å²) >= 11 is 2.15. The summed E-state index contributed by atoms with van der Waals surface area (Å²) in [6.07, 6.45) is 6.38. The van der Waals surface area contributed by atoms with Crippen molar-refractivity contribution in [2.24, 2.45) is 0 Å². The molecule has 0 amide bonds. The maximum Gasteiger partial charge on any atom is 0.142 e. The van der Waals surface area contributed by atoms with Crippen molar-refractivity contribution in [3.63, 3.8) is 0 Å². The number of hydrogen-bond donors (Lipinski definition) is 0. The number of benzene rings is 2. The maximum atomic E-state index is 6.18. The van der Waals surface area contributed by atoms with Gasteiger partial charge in [-0.2, -0.15) is 11.8 Å². The molecule has 104 valence electrons. The van der Waals surface area contributed by atoms with E-state index >= 15 is 0 Å². The van der Waals surface area contributed by atoms with Gasteiger partial charge in [-0.05, 0) is 30.9 Å². The van der Waals surface area contributed by atoms with Crippen molar-refractivity contribution in [3.8, 4) is 0 Å². The second-order valence-electron chi connectivity index (χ2n) is 6.05. The Labute approximate surface area is 128 Å². The first-order chi connectivity index (χ1) is 10.4. The number of allylic oxidation sites excluding steroid dienone is 1. The van der Waals surface area contributed by atoms with E-state index in [9.17, 15) is 0 Å². The minimum atomic E-state index is 0.721. The fourth-order valence-electron chi connectivity index (χ4n) is 3.74. The van der Waals surface area contributed by atoms with Crippen LogP contribution in [-0.2, 0) is 0 Å². The van der Waals surface area contributed by atoms with Crippen molar-refractivity contribution in [1.82, 2.24) is 0 Å². The minimum Gasteiger partial charge on any atom is -0.455 e. The molecular weight excluding hydrogens is 276 g/mol. The highest BCUT2D eigenvalue weighted by Crippen LogP contribution is 2.46. The van der Waals surface area contributed by atoms with Gasteiger partial charge >= 0.3 is 0 Å². The van der Waals surface area contributed by atoms with E-state index in [0.717, 1.165) is 21.7 Å². The highest BCUT2D eigenvalue weighted by Gasteiger charge is 2.30. The third-order valence-electron chi connectivity index (χ3n) is 4.73. The van der Waals surface area contributed by atoms with E-state index in [1.54, 1.807) is 0 Å². The number of hydrogen-bond acceptors (Lipinski definition) is 2. The predicted octanol–water partition coefficient (Wildman–Crippen LogP) is 5.64. The van der Waals surface area contributed by atoms with Crippen molar-refractivity contribution < 1.29 is 4.42 Å². The molecule has 2 atom stereocenters. The SMILES string of the molecule is C1=C(c2cccc3c2oc2ccccc23)CC2CCC1S2. The number of thioether (sulfide) groups is 1. The second-order valence-corrected chi connectivity index (χ2v) is 7.59. The van der Waals surface area contributed by atoms with Gasteiger partial charge in [0, 0.05) is 26.8 Å². The first-order valence-electron chi connectivity index (χ1n) is 7.65. The van der Waals surface area contributed by atoms with Crippen LogP contribution >= 0.6 is 11.8 Å². The Morgan fingerprint density at radius 3 is 2.81 bits per heavy atom. The molecule has 2 heteroatoms. The van der Waals surface area contributed by atoms with Crippen LogP contribution in [0.3, 0.4) is 0 Å². The molecule has 0 N–H and O–H groups in total. The Hall–Kier alpha value is -1.67. The molecule has 0 saturated carbocycles. The lowest BCUT2D eigenvalue weighted by Crippen LogP contribution is -2.05. The summed E-state index contributed by atoms with van der Waals surface area (Å²) < 4.78 is 6.18. The van der Waals surface area contributed by atoms with Gasteiger partial charge < -0.3 is 4.42 Å². The van der Waals surface area contributed by atoms with Gasteiger partial charge in [-0.15, -0.1) is 0 Å². The summed E-state index contributed by atoms with van der Waals surface area (Å²) in [5.74, 6) is 0.